The molecule has 0 aliphatic rings. The van der Waals surface area contributed by atoms with Crippen LogP contribution < -0.4 is 0 Å². The van der Waals surface area contributed by atoms with Gasteiger partial charge in [-0.15, -0.1) is 0 Å². The van der Waals surface area contributed by atoms with Gasteiger partial charge in [-0.05, 0) is 53.4 Å². The fourth-order valence-electron chi connectivity index (χ4n) is 0.956. The van der Waals surface area contributed by atoms with Gasteiger partial charge in [0.05, 0.1) is 5.57 Å². The summed E-state index contributed by atoms with van der Waals surface area (Å²) >= 11 is 9.06. The van der Waals surface area contributed by atoms with Crippen molar-refractivity contribution in [1.82, 2.24) is 0 Å². The number of halogens is 3. The zero-order chi connectivity index (χ0) is 12.9. The van der Waals surface area contributed by atoms with Crippen LogP contribution in [0.5, 0.6) is 0 Å². The molecule has 0 fully saturated rings. The molecule has 0 heterocycles. The number of nitriles is 1. The van der Waals surface area contributed by atoms with Gasteiger partial charge in [-0.25, -0.2) is 4.79 Å². The summed E-state index contributed by atoms with van der Waals surface area (Å²) < 4.78 is 3.71. The molecule has 0 saturated carbocycles. The zero-order valence-electron chi connectivity index (χ0n) is 8.36. The van der Waals surface area contributed by atoms with E-state index < -0.39 is 8.11 Å². The summed E-state index contributed by atoms with van der Waals surface area (Å²) in [5.41, 5.74) is 0.961. The van der Waals surface area contributed by atoms with Crippen molar-refractivity contribution < 1.29 is 9.53 Å². The van der Waals surface area contributed by atoms with E-state index in [0.29, 0.717) is 5.56 Å². The second-order valence-electron chi connectivity index (χ2n) is 2.91. The third-order valence-electron chi connectivity index (χ3n) is 1.72. The monoisotopic (exact) mass is 421 g/mol. The first-order chi connectivity index (χ1) is 7.95. The van der Waals surface area contributed by atoms with Gasteiger partial charge in [0.2, 0.25) is 2.14 Å². The molecule has 0 amide bonds. The Balaban J connectivity index is 2.85. The molecule has 17 heavy (non-hydrogen) atoms. The van der Waals surface area contributed by atoms with Crippen molar-refractivity contribution >= 4 is 59.3 Å². The van der Waals surface area contributed by atoms with E-state index in [1.807, 2.05) is 12.1 Å². The highest BCUT2D eigenvalue weighted by Gasteiger charge is 2.30. The van der Waals surface area contributed by atoms with Crippen molar-refractivity contribution in [2.45, 2.75) is 2.14 Å². The van der Waals surface area contributed by atoms with Crippen LogP contribution in [0.3, 0.4) is 0 Å². The maximum Gasteiger partial charge on any atom is 0.349 e. The Labute approximate surface area is 124 Å². The number of ether oxygens (including phenoxy) is 1. The van der Waals surface area contributed by atoms with E-state index >= 15 is 0 Å². The second kappa shape index (κ2) is 6.34. The minimum atomic E-state index is -1.14. The number of benzene rings is 1. The number of nitrogens with zero attached hydrogens (tertiary/aromatic N) is 1. The molecule has 0 radical (unpaired) electrons. The molecule has 1 aromatic carbocycles. The lowest BCUT2D eigenvalue weighted by Gasteiger charge is -2.08. The van der Waals surface area contributed by atoms with Crippen molar-refractivity contribution in [3.05, 3.63) is 42.2 Å². The van der Waals surface area contributed by atoms with Crippen LogP contribution in [-0.4, -0.2) is 8.11 Å². The highest BCUT2D eigenvalue weighted by Crippen LogP contribution is 2.34. The van der Waals surface area contributed by atoms with Crippen LogP contribution >= 0.6 is 47.8 Å². The average Bonchev–Trinajstić information content (AvgIpc) is 2.29. The summed E-state index contributed by atoms with van der Waals surface area (Å²) in [7, 11) is 0. The number of hydrogen-bond donors (Lipinski definition) is 0. The summed E-state index contributed by atoms with van der Waals surface area (Å²) in [6.07, 6.45) is 1.12. The van der Waals surface area contributed by atoms with Crippen LogP contribution in [0.25, 0.3) is 5.57 Å². The fourth-order valence-corrected chi connectivity index (χ4v) is 1.24. The lowest BCUT2D eigenvalue weighted by molar-refractivity contribution is -0.135. The number of allylic oxidation sites excluding steroid dienone is 1. The standard InChI is InChI=1S/C11H6Br3NO2/c12-11(13,14)10(16)17-7-9(6-15)8-4-2-1-3-5-8/h1-5,7H/b9-7-. The van der Waals surface area contributed by atoms with Crippen LogP contribution in [0, 0.1) is 11.3 Å². The molecule has 1 aromatic rings. The van der Waals surface area contributed by atoms with Gasteiger partial charge in [0.1, 0.15) is 12.3 Å². The largest absolute Gasteiger partial charge is 0.431 e. The minimum Gasteiger partial charge on any atom is -0.431 e. The lowest BCUT2D eigenvalue weighted by Crippen LogP contribution is -2.17. The molecule has 0 spiro atoms. The molecule has 6 heteroatoms. The molecular weight excluding hydrogens is 418 g/mol. The Hall–Kier alpha value is -0.640. The second-order valence-corrected chi connectivity index (χ2v) is 9.67. The van der Waals surface area contributed by atoms with Gasteiger partial charge in [-0.3, -0.25) is 0 Å². The molecule has 1 rings (SSSR count). The highest BCUT2D eigenvalue weighted by molar-refractivity contribution is 9.40. The Bertz CT molecular complexity index is 472. The highest BCUT2D eigenvalue weighted by atomic mass is 80.0. The average molecular weight is 424 g/mol. The van der Waals surface area contributed by atoms with Crippen LogP contribution in [0.15, 0.2) is 36.6 Å². The van der Waals surface area contributed by atoms with Crippen LogP contribution in [0.1, 0.15) is 5.56 Å². The van der Waals surface area contributed by atoms with Crippen molar-refractivity contribution in [3.63, 3.8) is 0 Å². The van der Waals surface area contributed by atoms with E-state index in [2.05, 4.69) is 47.8 Å². The lowest BCUT2D eigenvalue weighted by atomic mass is 10.1. The maximum atomic E-state index is 11.4. The van der Waals surface area contributed by atoms with E-state index in [1.165, 1.54) is 0 Å². The summed E-state index contributed by atoms with van der Waals surface area (Å²) in [5, 5.41) is 8.95. The molecule has 0 N–H and O–H groups in total. The third-order valence-corrected chi connectivity index (χ3v) is 2.69. The van der Waals surface area contributed by atoms with Gasteiger partial charge in [-0.1, -0.05) is 30.3 Å². The Morgan fingerprint density at radius 1 is 1.29 bits per heavy atom. The molecule has 0 atom stereocenters. The SMILES string of the molecule is N#C/C(=C/OC(=O)C(Br)(Br)Br)c1ccccc1. The van der Waals surface area contributed by atoms with E-state index in [1.54, 1.807) is 24.3 Å². The zero-order valence-corrected chi connectivity index (χ0v) is 13.1. The van der Waals surface area contributed by atoms with Gasteiger partial charge in [0.15, 0.2) is 0 Å². The quantitative estimate of drug-likeness (QED) is 0.313. The molecule has 0 aliphatic carbocycles. The van der Waals surface area contributed by atoms with Crippen LogP contribution in [-0.2, 0) is 9.53 Å². The number of alkyl halides is 3. The third kappa shape index (κ3) is 4.62. The van der Waals surface area contributed by atoms with Crippen molar-refractivity contribution in [2.24, 2.45) is 0 Å². The van der Waals surface area contributed by atoms with E-state index in [-0.39, 0.29) is 5.57 Å². The van der Waals surface area contributed by atoms with Gasteiger partial charge in [0, 0.05) is 0 Å². The van der Waals surface area contributed by atoms with E-state index in [9.17, 15) is 4.79 Å². The van der Waals surface area contributed by atoms with Crippen molar-refractivity contribution in [1.29, 1.82) is 5.26 Å². The van der Waals surface area contributed by atoms with Crippen molar-refractivity contribution in [3.8, 4) is 6.07 Å². The molecule has 3 nitrogen and oxygen atoms in total. The maximum absolute atomic E-state index is 11.4. The normalized spacial score (nSPS) is 11.8. The van der Waals surface area contributed by atoms with Crippen LogP contribution in [0.2, 0.25) is 0 Å². The number of rotatable bonds is 2. The van der Waals surface area contributed by atoms with Gasteiger partial charge >= 0.3 is 5.97 Å². The molecular formula is C11H6Br3NO2. The van der Waals surface area contributed by atoms with Gasteiger partial charge in [0.25, 0.3) is 0 Å². The summed E-state index contributed by atoms with van der Waals surface area (Å²) in [5.74, 6) is -0.610. The first kappa shape index (κ1) is 14.4. The predicted molar refractivity (Wildman–Crippen MR) is 75.6 cm³/mol. The molecule has 88 valence electrons. The fraction of sp³-hybridized carbons (Fsp3) is 0.0909. The first-order valence-electron chi connectivity index (χ1n) is 4.38. The number of carbonyl (C=O) groups excluding carboxylic acids is 1. The topological polar surface area (TPSA) is 50.1 Å². The molecule has 0 aliphatic heterocycles. The van der Waals surface area contributed by atoms with Gasteiger partial charge in [-0.2, -0.15) is 5.26 Å². The number of esters is 1. The van der Waals surface area contributed by atoms with Crippen LogP contribution in [0.4, 0.5) is 0 Å². The number of carbonyl (C=O) groups is 1. The molecule has 0 saturated heterocycles. The molecule has 0 aromatic heterocycles. The van der Waals surface area contributed by atoms with Crippen molar-refractivity contribution in [2.75, 3.05) is 0 Å². The smallest absolute Gasteiger partial charge is 0.349 e. The Morgan fingerprint density at radius 2 is 1.88 bits per heavy atom. The Morgan fingerprint density at radius 3 is 2.35 bits per heavy atom. The Kier molecular flexibility index (Phi) is 5.37. The predicted octanol–water partition coefficient (Wildman–Crippen LogP) is 3.93. The van der Waals surface area contributed by atoms with E-state index in [4.69, 9.17) is 10.00 Å². The van der Waals surface area contributed by atoms with Gasteiger partial charge < -0.3 is 4.74 Å². The number of hydrogen-bond acceptors (Lipinski definition) is 3. The molecule has 0 unspecified atom stereocenters. The summed E-state index contributed by atoms with van der Waals surface area (Å²) in [6, 6.07) is 10.9. The first-order valence-corrected chi connectivity index (χ1v) is 6.76. The summed E-state index contributed by atoms with van der Waals surface area (Å²) in [4.78, 5) is 11.4. The van der Waals surface area contributed by atoms with E-state index in [0.717, 1.165) is 6.26 Å². The molecule has 0 bridgehead atoms. The minimum absolute atomic E-state index is 0.274. The summed E-state index contributed by atoms with van der Waals surface area (Å²) in [6.45, 7) is 0.